The molecule has 19 heavy (non-hydrogen) atoms. The fourth-order valence-corrected chi connectivity index (χ4v) is 4.66. The average molecular weight is 289 g/mol. The van der Waals surface area contributed by atoms with Gasteiger partial charge in [-0.2, -0.15) is 0 Å². The molecule has 0 rings (SSSR count). The van der Waals surface area contributed by atoms with Gasteiger partial charge in [0.15, 0.2) is 0 Å². The smallest absolute Gasteiger partial charge is 0.373 e. The summed E-state index contributed by atoms with van der Waals surface area (Å²) in [6.45, 7) is 12.3. The minimum absolute atomic E-state index is 0.737. The van der Waals surface area contributed by atoms with E-state index < -0.39 is 8.80 Å². The molecule has 0 aliphatic rings. The summed E-state index contributed by atoms with van der Waals surface area (Å²) in [4.78, 5) is 0. The van der Waals surface area contributed by atoms with Crippen LogP contribution in [0.3, 0.4) is 0 Å². The van der Waals surface area contributed by atoms with E-state index in [4.69, 9.17) is 13.3 Å². The second kappa shape index (κ2) is 12.8. The molecule has 0 fully saturated rings. The highest BCUT2D eigenvalue weighted by Crippen LogP contribution is 2.21. The molecule has 0 saturated heterocycles. The van der Waals surface area contributed by atoms with Gasteiger partial charge < -0.3 is 13.3 Å². The van der Waals surface area contributed by atoms with Gasteiger partial charge in [-0.1, -0.05) is 26.8 Å². The monoisotopic (exact) mass is 288 g/mol. The van der Waals surface area contributed by atoms with Crippen molar-refractivity contribution >= 4 is 8.80 Å². The molecule has 0 aromatic carbocycles. The molecule has 0 unspecified atom stereocenters. The minimum Gasteiger partial charge on any atom is -0.373 e. The molecule has 0 radical (unpaired) electrons. The highest BCUT2D eigenvalue weighted by atomic mass is 28.4. The normalized spacial score (nSPS) is 11.7. The van der Waals surface area contributed by atoms with Crippen LogP contribution in [0.4, 0.5) is 0 Å². The first-order valence-electron chi connectivity index (χ1n) is 7.77. The average Bonchev–Trinajstić information content (AvgIpc) is 2.44. The molecule has 0 bridgehead atoms. The van der Waals surface area contributed by atoms with Crippen LogP contribution in [0, 0.1) is 0 Å². The van der Waals surface area contributed by atoms with Gasteiger partial charge in [-0.05, 0) is 38.5 Å². The van der Waals surface area contributed by atoms with Crippen LogP contribution in [0.5, 0.6) is 0 Å². The minimum atomic E-state index is -2.44. The van der Waals surface area contributed by atoms with Crippen molar-refractivity contribution in [3.63, 3.8) is 0 Å². The van der Waals surface area contributed by atoms with E-state index in [0.717, 1.165) is 64.4 Å². The van der Waals surface area contributed by atoms with Crippen molar-refractivity contribution in [2.24, 2.45) is 0 Å². The Labute approximate surface area is 120 Å². The first-order chi connectivity index (χ1) is 9.24. The lowest BCUT2D eigenvalue weighted by Gasteiger charge is -2.29. The summed E-state index contributed by atoms with van der Waals surface area (Å²) in [6.07, 6.45) is 8.27. The third-order valence-electron chi connectivity index (χ3n) is 2.72. The van der Waals surface area contributed by atoms with E-state index in [9.17, 15) is 0 Å². The van der Waals surface area contributed by atoms with Gasteiger partial charge in [-0.15, -0.1) is 6.58 Å². The molecule has 0 heterocycles. The molecule has 0 aromatic heterocycles. The summed E-state index contributed by atoms with van der Waals surface area (Å²) >= 11 is 0. The molecule has 0 aromatic rings. The van der Waals surface area contributed by atoms with E-state index >= 15 is 0 Å². The van der Waals surface area contributed by atoms with Crippen LogP contribution in [0.25, 0.3) is 0 Å². The Kier molecular flexibility index (Phi) is 12.7. The van der Waals surface area contributed by atoms with Crippen molar-refractivity contribution in [3.05, 3.63) is 12.7 Å². The van der Waals surface area contributed by atoms with Crippen molar-refractivity contribution in [2.45, 2.75) is 65.3 Å². The van der Waals surface area contributed by atoms with Gasteiger partial charge in [-0.3, -0.25) is 0 Å². The molecule has 114 valence electrons. The molecule has 4 heteroatoms. The molecular weight excluding hydrogens is 256 g/mol. The summed E-state index contributed by atoms with van der Waals surface area (Å²) in [6, 6.07) is 0.931. The lowest BCUT2D eigenvalue weighted by atomic mass is 10.2. The highest BCUT2D eigenvalue weighted by Gasteiger charge is 2.40. The van der Waals surface area contributed by atoms with Crippen LogP contribution in [-0.2, 0) is 13.3 Å². The van der Waals surface area contributed by atoms with E-state index in [1.165, 1.54) is 0 Å². The number of hydrogen-bond donors (Lipinski definition) is 0. The van der Waals surface area contributed by atoms with Gasteiger partial charge in [0.1, 0.15) is 0 Å². The lowest BCUT2D eigenvalue weighted by molar-refractivity contribution is 0.0586. The van der Waals surface area contributed by atoms with Gasteiger partial charge in [0, 0.05) is 25.9 Å². The maximum absolute atomic E-state index is 6.03. The molecule has 0 spiro atoms. The van der Waals surface area contributed by atoms with Crippen LogP contribution in [-0.4, -0.2) is 28.6 Å². The fourth-order valence-electron chi connectivity index (χ4n) is 1.74. The Morgan fingerprint density at radius 2 is 1.32 bits per heavy atom. The Morgan fingerprint density at radius 3 is 1.68 bits per heavy atom. The van der Waals surface area contributed by atoms with Crippen molar-refractivity contribution in [1.29, 1.82) is 0 Å². The summed E-state index contributed by atoms with van der Waals surface area (Å²) in [5, 5.41) is 0. The molecular formula is C15H32O3Si. The topological polar surface area (TPSA) is 27.7 Å². The predicted molar refractivity (Wildman–Crippen MR) is 83.3 cm³/mol. The van der Waals surface area contributed by atoms with E-state index in [2.05, 4.69) is 27.4 Å². The zero-order valence-corrected chi connectivity index (χ0v) is 14.1. The third kappa shape index (κ3) is 9.38. The number of unbranched alkanes of at least 4 members (excludes halogenated alkanes) is 2. The number of hydrogen-bond acceptors (Lipinski definition) is 3. The van der Waals surface area contributed by atoms with Gasteiger partial charge in [0.05, 0.1) is 0 Å². The molecule has 0 atom stereocenters. The summed E-state index contributed by atoms with van der Waals surface area (Å²) in [5.41, 5.74) is 0. The van der Waals surface area contributed by atoms with E-state index in [1.54, 1.807) is 0 Å². The first kappa shape index (κ1) is 18.8. The SMILES string of the molecule is C=CCCCC[Si](OCCC)(OCCC)OCCC. The quantitative estimate of drug-likeness (QED) is 0.266. The van der Waals surface area contributed by atoms with Crippen molar-refractivity contribution in [1.82, 2.24) is 0 Å². The second-order valence-corrected chi connectivity index (χ2v) is 7.49. The summed E-state index contributed by atoms with van der Waals surface area (Å²) in [7, 11) is -2.44. The van der Waals surface area contributed by atoms with Crippen molar-refractivity contribution in [2.75, 3.05) is 19.8 Å². The van der Waals surface area contributed by atoms with E-state index in [1.807, 2.05) is 6.08 Å². The molecule has 0 aliphatic heterocycles. The van der Waals surface area contributed by atoms with Gasteiger partial charge in [0.25, 0.3) is 0 Å². The highest BCUT2D eigenvalue weighted by molar-refractivity contribution is 6.60. The van der Waals surface area contributed by atoms with Crippen molar-refractivity contribution in [3.8, 4) is 0 Å². The van der Waals surface area contributed by atoms with Crippen LogP contribution in [0.2, 0.25) is 6.04 Å². The summed E-state index contributed by atoms with van der Waals surface area (Å²) < 4.78 is 18.1. The van der Waals surface area contributed by atoms with Crippen LogP contribution >= 0.6 is 0 Å². The van der Waals surface area contributed by atoms with Crippen LogP contribution in [0.15, 0.2) is 12.7 Å². The standard InChI is InChI=1S/C15H32O3Si/c1-5-9-10-11-15-19(16-12-6-2,17-13-7-3)18-14-8-4/h5H,1,6-15H2,2-4H3. The zero-order chi connectivity index (χ0) is 14.4. The molecule has 0 amide bonds. The molecule has 3 nitrogen and oxygen atoms in total. The Hall–Kier alpha value is -0.163. The summed E-state index contributed by atoms with van der Waals surface area (Å²) in [5.74, 6) is 0. The number of allylic oxidation sites excluding steroid dienone is 1. The van der Waals surface area contributed by atoms with Crippen LogP contribution < -0.4 is 0 Å². The maximum Gasteiger partial charge on any atom is 0.500 e. The fraction of sp³-hybridized carbons (Fsp3) is 0.867. The first-order valence-corrected chi connectivity index (χ1v) is 9.70. The largest absolute Gasteiger partial charge is 0.500 e. The van der Waals surface area contributed by atoms with Crippen molar-refractivity contribution < 1.29 is 13.3 Å². The van der Waals surface area contributed by atoms with Crippen LogP contribution in [0.1, 0.15) is 59.3 Å². The maximum atomic E-state index is 6.03. The number of rotatable bonds is 14. The molecule has 0 N–H and O–H groups in total. The van der Waals surface area contributed by atoms with Gasteiger partial charge >= 0.3 is 8.80 Å². The molecule has 0 saturated carbocycles. The lowest BCUT2D eigenvalue weighted by Crippen LogP contribution is -2.46. The Balaban J connectivity index is 4.42. The second-order valence-electron chi connectivity index (χ2n) is 4.76. The predicted octanol–water partition coefficient (Wildman–Crippen LogP) is 4.56. The molecule has 0 aliphatic carbocycles. The van der Waals surface area contributed by atoms with Gasteiger partial charge in [-0.25, -0.2) is 0 Å². The van der Waals surface area contributed by atoms with E-state index in [-0.39, 0.29) is 0 Å². The van der Waals surface area contributed by atoms with Gasteiger partial charge in [0.2, 0.25) is 0 Å². The third-order valence-corrected chi connectivity index (χ3v) is 5.62. The Bertz CT molecular complexity index is 188. The zero-order valence-electron chi connectivity index (χ0n) is 13.1. The van der Waals surface area contributed by atoms with E-state index in [0.29, 0.717) is 0 Å². The Morgan fingerprint density at radius 1 is 0.842 bits per heavy atom.